The van der Waals surface area contributed by atoms with Gasteiger partial charge >= 0.3 is 5.69 Å². The molecule has 1 saturated carbocycles. The molecule has 1 fully saturated rings. The van der Waals surface area contributed by atoms with Gasteiger partial charge in [0.2, 0.25) is 0 Å². The van der Waals surface area contributed by atoms with E-state index in [2.05, 4.69) is 10.3 Å². The van der Waals surface area contributed by atoms with E-state index in [1.54, 1.807) is 18.2 Å². The summed E-state index contributed by atoms with van der Waals surface area (Å²) < 4.78 is 14.3. The number of ether oxygens (including phenoxy) is 2. The number of pyridine rings is 1. The van der Waals surface area contributed by atoms with Gasteiger partial charge in [-0.15, -0.1) is 0 Å². The maximum absolute atomic E-state index is 12.8. The Hall–Kier alpha value is -3.62. The molecule has 0 unspecified atom stereocenters. The fourth-order valence-electron chi connectivity index (χ4n) is 4.08. The second-order valence-electron chi connectivity index (χ2n) is 7.74. The Kier molecular flexibility index (Phi) is 3.96. The number of aryl methyl sites for hydroxylation is 1. The molecule has 1 amide bonds. The third-order valence-corrected chi connectivity index (χ3v) is 5.71. The molecular weight excluding hydrogens is 388 g/mol. The number of benzene rings is 1. The Bertz CT molecular complexity index is 1320. The topological polar surface area (TPSA) is 104 Å². The number of nitrogens with zero attached hydrogens (tertiary/aromatic N) is 3. The molecule has 0 saturated heterocycles. The van der Waals surface area contributed by atoms with Crippen LogP contribution in [0.1, 0.15) is 36.0 Å². The maximum Gasteiger partial charge on any atom is 0.332 e. The van der Waals surface area contributed by atoms with E-state index in [0.717, 1.165) is 30.3 Å². The van der Waals surface area contributed by atoms with Gasteiger partial charge in [-0.2, -0.15) is 0 Å². The van der Waals surface area contributed by atoms with Crippen molar-refractivity contribution in [3.8, 4) is 11.5 Å². The Morgan fingerprint density at radius 1 is 1.07 bits per heavy atom. The minimum atomic E-state index is -0.566. The minimum absolute atomic E-state index is 0.195. The number of amides is 1. The summed E-state index contributed by atoms with van der Waals surface area (Å²) in [5.41, 5.74) is 0.0106. The van der Waals surface area contributed by atoms with Crippen LogP contribution in [0.2, 0.25) is 0 Å². The number of fused-ring (bicyclic) bond motifs is 2. The van der Waals surface area contributed by atoms with Crippen LogP contribution in [-0.4, -0.2) is 25.8 Å². The van der Waals surface area contributed by atoms with Crippen molar-refractivity contribution in [1.82, 2.24) is 14.1 Å². The molecule has 1 aliphatic heterocycles. The highest BCUT2D eigenvalue weighted by Gasteiger charge is 2.44. The zero-order chi connectivity index (χ0) is 21.0. The van der Waals surface area contributed by atoms with Gasteiger partial charge in [0.1, 0.15) is 5.65 Å². The molecule has 3 aromatic rings. The second-order valence-corrected chi connectivity index (χ2v) is 7.74. The number of rotatable bonds is 2. The van der Waals surface area contributed by atoms with E-state index >= 15 is 0 Å². The van der Waals surface area contributed by atoms with E-state index in [1.807, 2.05) is 0 Å². The predicted octanol–water partition coefficient (Wildman–Crippen LogP) is 1.93. The van der Waals surface area contributed by atoms with Crippen molar-refractivity contribution in [2.45, 2.75) is 31.5 Å². The highest BCUT2D eigenvalue weighted by Crippen LogP contribution is 2.47. The molecule has 0 radical (unpaired) electrons. The molecule has 9 heteroatoms. The van der Waals surface area contributed by atoms with E-state index in [-0.39, 0.29) is 16.6 Å². The molecule has 9 nitrogen and oxygen atoms in total. The predicted molar refractivity (Wildman–Crippen MR) is 109 cm³/mol. The Morgan fingerprint density at radius 2 is 1.80 bits per heavy atom. The summed E-state index contributed by atoms with van der Waals surface area (Å²) in [5.74, 6) is 0.292. The van der Waals surface area contributed by atoms with Gasteiger partial charge in [-0.05, 0) is 31.0 Å². The standard InChI is InChI=1S/C21H20N4O5/c1-24-17-14(19(27)25(2)20(24)28)9-12(11-22-17)18(26)23-13-5-6-15-16(10-13)30-21(29-15)7-3-4-8-21/h5-6,9-11H,3-4,7-8H2,1-2H3,(H,23,26). The zero-order valence-corrected chi connectivity index (χ0v) is 16.6. The number of carbonyl (C=O) groups is 1. The molecule has 1 N–H and O–H groups in total. The Morgan fingerprint density at radius 3 is 2.57 bits per heavy atom. The largest absolute Gasteiger partial charge is 0.448 e. The van der Waals surface area contributed by atoms with Gasteiger partial charge in [-0.1, -0.05) is 0 Å². The van der Waals surface area contributed by atoms with Gasteiger partial charge in [-0.25, -0.2) is 9.78 Å². The van der Waals surface area contributed by atoms with Crippen molar-refractivity contribution >= 4 is 22.6 Å². The van der Waals surface area contributed by atoms with Crippen LogP contribution in [0.15, 0.2) is 40.1 Å². The molecule has 2 aromatic heterocycles. The minimum Gasteiger partial charge on any atom is -0.448 e. The third kappa shape index (κ3) is 2.77. The van der Waals surface area contributed by atoms with Crippen molar-refractivity contribution < 1.29 is 14.3 Å². The number of hydrogen-bond acceptors (Lipinski definition) is 6. The first-order valence-electron chi connectivity index (χ1n) is 9.76. The number of nitrogens with one attached hydrogen (secondary N) is 1. The molecule has 0 bridgehead atoms. The number of hydrogen-bond donors (Lipinski definition) is 1. The van der Waals surface area contributed by atoms with Crippen molar-refractivity contribution in [3.05, 3.63) is 56.9 Å². The van der Waals surface area contributed by atoms with Gasteiger partial charge < -0.3 is 14.8 Å². The van der Waals surface area contributed by atoms with E-state index in [1.165, 1.54) is 30.9 Å². The van der Waals surface area contributed by atoms with Crippen molar-refractivity contribution in [2.75, 3.05) is 5.32 Å². The average Bonchev–Trinajstić information content (AvgIpc) is 3.35. The molecular formula is C21H20N4O5. The summed E-state index contributed by atoms with van der Waals surface area (Å²) >= 11 is 0. The molecule has 1 aliphatic carbocycles. The van der Waals surface area contributed by atoms with Crippen LogP contribution in [0.4, 0.5) is 5.69 Å². The lowest BCUT2D eigenvalue weighted by Crippen LogP contribution is -2.37. The Balaban J connectivity index is 1.43. The van der Waals surface area contributed by atoms with Crippen molar-refractivity contribution in [2.24, 2.45) is 14.1 Å². The quantitative estimate of drug-likeness (QED) is 0.695. The summed E-state index contributed by atoms with van der Waals surface area (Å²) in [6.07, 6.45) is 5.18. The maximum atomic E-state index is 12.8. The SMILES string of the molecule is Cn1c(=O)c2cc(C(=O)Nc3ccc4c(c3)OC3(CCCC3)O4)cnc2n(C)c1=O. The Labute approximate surface area is 170 Å². The molecule has 5 rings (SSSR count). The van der Waals surface area contributed by atoms with Crippen LogP contribution in [0.3, 0.4) is 0 Å². The molecule has 3 heterocycles. The highest BCUT2D eigenvalue weighted by molar-refractivity contribution is 6.05. The van der Waals surface area contributed by atoms with Crippen LogP contribution >= 0.6 is 0 Å². The van der Waals surface area contributed by atoms with E-state index in [4.69, 9.17) is 9.47 Å². The molecule has 2 aliphatic rings. The summed E-state index contributed by atoms with van der Waals surface area (Å²) in [7, 11) is 2.92. The van der Waals surface area contributed by atoms with Gasteiger partial charge in [0.25, 0.3) is 17.3 Å². The van der Waals surface area contributed by atoms with Gasteiger partial charge in [-0.3, -0.25) is 18.7 Å². The molecule has 154 valence electrons. The van der Waals surface area contributed by atoms with Crippen molar-refractivity contribution in [1.29, 1.82) is 0 Å². The van der Waals surface area contributed by atoms with Crippen molar-refractivity contribution in [3.63, 3.8) is 0 Å². The molecule has 1 spiro atoms. The van der Waals surface area contributed by atoms with Crippen LogP contribution in [0.5, 0.6) is 11.5 Å². The molecule has 0 atom stereocenters. The first-order chi connectivity index (χ1) is 14.4. The fraction of sp³-hybridized carbons (Fsp3) is 0.333. The van der Waals surface area contributed by atoms with Gasteiger partial charge in [0, 0.05) is 44.9 Å². The number of aromatic nitrogens is 3. The highest BCUT2D eigenvalue weighted by atomic mass is 16.7. The van der Waals surface area contributed by atoms with Gasteiger partial charge in [0.15, 0.2) is 11.5 Å². The smallest absolute Gasteiger partial charge is 0.332 e. The van der Waals surface area contributed by atoms with Gasteiger partial charge in [0.05, 0.1) is 10.9 Å². The lowest BCUT2D eigenvalue weighted by Gasteiger charge is -2.21. The average molecular weight is 408 g/mol. The third-order valence-electron chi connectivity index (χ3n) is 5.71. The summed E-state index contributed by atoms with van der Waals surface area (Å²) in [6, 6.07) is 6.70. The molecule has 30 heavy (non-hydrogen) atoms. The fourth-order valence-corrected chi connectivity index (χ4v) is 4.08. The number of anilines is 1. The normalized spacial score (nSPS) is 16.3. The first-order valence-corrected chi connectivity index (χ1v) is 9.76. The monoisotopic (exact) mass is 408 g/mol. The molecule has 1 aromatic carbocycles. The van der Waals surface area contributed by atoms with Crippen LogP contribution < -0.4 is 26.0 Å². The van der Waals surface area contributed by atoms with E-state index in [9.17, 15) is 14.4 Å². The summed E-state index contributed by atoms with van der Waals surface area (Å²) in [4.78, 5) is 41.4. The van der Waals surface area contributed by atoms with Crippen LogP contribution in [0.25, 0.3) is 11.0 Å². The van der Waals surface area contributed by atoms with Crippen LogP contribution in [-0.2, 0) is 14.1 Å². The van der Waals surface area contributed by atoms with E-state index < -0.39 is 22.9 Å². The summed E-state index contributed by atoms with van der Waals surface area (Å²) in [5, 5.41) is 3.00. The lowest BCUT2D eigenvalue weighted by atomic mass is 10.2. The van der Waals surface area contributed by atoms with Crippen LogP contribution in [0, 0.1) is 0 Å². The lowest BCUT2D eigenvalue weighted by molar-refractivity contribution is -0.0716. The summed E-state index contributed by atoms with van der Waals surface area (Å²) in [6.45, 7) is 0. The second kappa shape index (κ2) is 6.45. The van der Waals surface area contributed by atoms with E-state index in [0.29, 0.717) is 17.2 Å². The number of carbonyl (C=O) groups excluding carboxylic acids is 1. The first kappa shape index (κ1) is 18.4. The zero-order valence-electron chi connectivity index (χ0n) is 16.6.